The van der Waals surface area contributed by atoms with Crippen molar-refractivity contribution in [2.75, 3.05) is 7.11 Å². The average Bonchev–Trinajstić information content (AvgIpc) is 2.45. The van der Waals surface area contributed by atoms with Crippen molar-refractivity contribution in [3.8, 4) is 5.75 Å². The predicted octanol–water partition coefficient (Wildman–Crippen LogP) is 3.53. The lowest BCUT2D eigenvalue weighted by Crippen LogP contribution is -2.06. The first kappa shape index (κ1) is 13.3. The Kier molecular flexibility index (Phi) is 4.35. The highest BCUT2D eigenvalue weighted by atomic mass is 16.5. The second-order valence-corrected chi connectivity index (χ2v) is 4.68. The molecule has 0 aliphatic rings. The maximum absolute atomic E-state index is 11.4. The van der Waals surface area contributed by atoms with Crippen LogP contribution in [-0.2, 0) is 11.2 Å². The molecule has 1 unspecified atom stereocenters. The van der Waals surface area contributed by atoms with Gasteiger partial charge in [-0.2, -0.15) is 0 Å². The molecule has 0 heterocycles. The van der Waals surface area contributed by atoms with Crippen molar-refractivity contribution in [3.63, 3.8) is 0 Å². The number of hydrogen-bond acceptors (Lipinski definition) is 2. The van der Waals surface area contributed by atoms with Gasteiger partial charge in [0.25, 0.3) is 0 Å². The summed E-state index contributed by atoms with van der Waals surface area (Å²) in [5, 5.41) is 0. The molecule has 0 radical (unpaired) electrons. The second kappa shape index (κ2) is 6.19. The Morgan fingerprint density at radius 1 is 1.16 bits per heavy atom. The third-order valence-electron chi connectivity index (χ3n) is 3.24. The third kappa shape index (κ3) is 3.22. The minimum atomic E-state index is -0.169. The van der Waals surface area contributed by atoms with Crippen LogP contribution in [0.3, 0.4) is 0 Å². The summed E-state index contributed by atoms with van der Waals surface area (Å²) in [6, 6.07) is 15.9. The molecule has 2 aromatic rings. The lowest BCUT2D eigenvalue weighted by Gasteiger charge is -2.14. The highest BCUT2D eigenvalue weighted by Gasteiger charge is 2.15. The molecule has 19 heavy (non-hydrogen) atoms. The molecular weight excluding hydrogens is 236 g/mol. The molecule has 0 amide bonds. The fourth-order valence-electron chi connectivity index (χ4n) is 2.30. The van der Waals surface area contributed by atoms with Gasteiger partial charge in [-0.25, -0.2) is 0 Å². The summed E-state index contributed by atoms with van der Waals surface area (Å²) in [6.45, 7) is 2.06. The lowest BCUT2D eigenvalue weighted by molar-refractivity contribution is -0.109. The molecule has 0 bridgehead atoms. The zero-order chi connectivity index (χ0) is 13.7. The summed E-state index contributed by atoms with van der Waals surface area (Å²) in [6.07, 6.45) is 1.70. The van der Waals surface area contributed by atoms with E-state index in [1.165, 1.54) is 11.1 Å². The number of hydrogen-bond donors (Lipinski definition) is 0. The Morgan fingerprint density at radius 2 is 1.95 bits per heavy atom. The summed E-state index contributed by atoms with van der Waals surface area (Å²) >= 11 is 0. The Balaban J connectivity index is 2.27. The molecule has 0 N–H and O–H groups in total. The first-order valence-corrected chi connectivity index (χ1v) is 6.38. The standard InChI is InChI=1S/C17H18O2/c1-13-6-5-7-14(10-13)11-15(12-18)16-8-3-4-9-17(16)19-2/h3-10,12,15H,11H2,1-2H3. The molecule has 0 aromatic heterocycles. The van der Waals surface area contributed by atoms with Gasteiger partial charge in [0, 0.05) is 11.5 Å². The van der Waals surface area contributed by atoms with Gasteiger partial charge in [-0.15, -0.1) is 0 Å². The number of methoxy groups -OCH3 is 1. The van der Waals surface area contributed by atoms with Gasteiger partial charge in [-0.1, -0.05) is 48.0 Å². The average molecular weight is 254 g/mol. The fourth-order valence-corrected chi connectivity index (χ4v) is 2.30. The van der Waals surface area contributed by atoms with Gasteiger partial charge in [0.05, 0.1) is 7.11 Å². The SMILES string of the molecule is COc1ccccc1C(C=O)Cc1cccc(C)c1. The van der Waals surface area contributed by atoms with Gasteiger partial charge in [-0.05, 0) is 25.0 Å². The summed E-state index contributed by atoms with van der Waals surface area (Å²) in [4.78, 5) is 11.4. The molecule has 2 nitrogen and oxygen atoms in total. The van der Waals surface area contributed by atoms with Crippen molar-refractivity contribution in [2.45, 2.75) is 19.3 Å². The Morgan fingerprint density at radius 3 is 2.63 bits per heavy atom. The van der Waals surface area contributed by atoms with Crippen LogP contribution in [0.15, 0.2) is 48.5 Å². The largest absolute Gasteiger partial charge is 0.496 e. The van der Waals surface area contributed by atoms with Crippen LogP contribution in [0.5, 0.6) is 5.75 Å². The highest BCUT2D eigenvalue weighted by Crippen LogP contribution is 2.27. The van der Waals surface area contributed by atoms with E-state index in [1.54, 1.807) is 7.11 Å². The third-order valence-corrected chi connectivity index (χ3v) is 3.24. The number of carbonyl (C=O) groups excluding carboxylic acids is 1. The van der Waals surface area contributed by atoms with E-state index in [1.807, 2.05) is 30.3 Å². The minimum Gasteiger partial charge on any atom is -0.496 e. The van der Waals surface area contributed by atoms with Crippen molar-refractivity contribution in [1.82, 2.24) is 0 Å². The molecular formula is C17H18O2. The number of para-hydroxylation sites is 1. The second-order valence-electron chi connectivity index (χ2n) is 4.68. The molecule has 1 atom stereocenters. The molecule has 0 saturated carbocycles. The van der Waals surface area contributed by atoms with Crippen molar-refractivity contribution < 1.29 is 9.53 Å². The van der Waals surface area contributed by atoms with Gasteiger partial charge >= 0.3 is 0 Å². The van der Waals surface area contributed by atoms with Crippen molar-refractivity contribution >= 4 is 6.29 Å². The van der Waals surface area contributed by atoms with E-state index in [-0.39, 0.29) is 5.92 Å². The minimum absolute atomic E-state index is 0.169. The Hall–Kier alpha value is -2.09. The van der Waals surface area contributed by atoms with Crippen LogP contribution in [0.2, 0.25) is 0 Å². The van der Waals surface area contributed by atoms with Crippen molar-refractivity contribution in [2.24, 2.45) is 0 Å². The van der Waals surface area contributed by atoms with Crippen LogP contribution in [0.25, 0.3) is 0 Å². The normalized spacial score (nSPS) is 11.9. The van der Waals surface area contributed by atoms with E-state index in [0.29, 0.717) is 6.42 Å². The maximum Gasteiger partial charge on any atom is 0.127 e. The van der Waals surface area contributed by atoms with Crippen LogP contribution in [-0.4, -0.2) is 13.4 Å². The molecule has 2 rings (SSSR count). The van der Waals surface area contributed by atoms with Crippen LogP contribution in [0, 0.1) is 6.92 Å². The van der Waals surface area contributed by atoms with Crippen LogP contribution >= 0.6 is 0 Å². The number of rotatable bonds is 5. The number of benzene rings is 2. The fraction of sp³-hybridized carbons (Fsp3) is 0.235. The van der Waals surface area contributed by atoms with E-state index < -0.39 is 0 Å². The quantitative estimate of drug-likeness (QED) is 0.763. The van der Waals surface area contributed by atoms with Crippen LogP contribution < -0.4 is 4.74 Å². The van der Waals surface area contributed by atoms with E-state index >= 15 is 0 Å². The van der Waals surface area contributed by atoms with Gasteiger partial charge < -0.3 is 9.53 Å². The summed E-state index contributed by atoms with van der Waals surface area (Å²) in [7, 11) is 1.63. The first-order chi connectivity index (χ1) is 9.24. The molecule has 0 saturated heterocycles. The van der Waals surface area contributed by atoms with E-state index in [9.17, 15) is 4.79 Å². The van der Waals surface area contributed by atoms with Gasteiger partial charge in [0.2, 0.25) is 0 Å². The van der Waals surface area contributed by atoms with E-state index in [4.69, 9.17) is 4.74 Å². The zero-order valence-corrected chi connectivity index (χ0v) is 11.3. The topological polar surface area (TPSA) is 26.3 Å². The molecule has 0 aliphatic carbocycles. The van der Waals surface area contributed by atoms with Crippen LogP contribution in [0.1, 0.15) is 22.6 Å². The monoisotopic (exact) mass is 254 g/mol. The Labute approximate surface area is 114 Å². The maximum atomic E-state index is 11.4. The smallest absolute Gasteiger partial charge is 0.127 e. The molecule has 2 aromatic carbocycles. The molecule has 0 fully saturated rings. The Bertz CT molecular complexity index is 561. The van der Waals surface area contributed by atoms with Crippen molar-refractivity contribution in [1.29, 1.82) is 0 Å². The molecule has 98 valence electrons. The summed E-state index contributed by atoms with van der Waals surface area (Å²) in [5.74, 6) is 0.602. The molecule has 0 spiro atoms. The molecule has 0 aliphatic heterocycles. The molecule has 2 heteroatoms. The lowest BCUT2D eigenvalue weighted by atomic mass is 9.92. The first-order valence-electron chi connectivity index (χ1n) is 6.38. The van der Waals surface area contributed by atoms with E-state index in [2.05, 4.69) is 25.1 Å². The van der Waals surface area contributed by atoms with Gasteiger partial charge in [0.15, 0.2) is 0 Å². The number of carbonyl (C=O) groups is 1. The number of aryl methyl sites for hydroxylation is 1. The summed E-state index contributed by atoms with van der Waals surface area (Å²) < 4.78 is 5.33. The predicted molar refractivity (Wildman–Crippen MR) is 76.7 cm³/mol. The van der Waals surface area contributed by atoms with Gasteiger partial charge in [-0.3, -0.25) is 0 Å². The summed E-state index contributed by atoms with van der Waals surface area (Å²) in [5.41, 5.74) is 3.33. The zero-order valence-electron chi connectivity index (χ0n) is 11.3. The van der Waals surface area contributed by atoms with Crippen molar-refractivity contribution in [3.05, 3.63) is 65.2 Å². The van der Waals surface area contributed by atoms with Crippen LogP contribution in [0.4, 0.5) is 0 Å². The highest BCUT2D eigenvalue weighted by molar-refractivity contribution is 5.65. The number of aldehydes is 1. The number of ether oxygens (including phenoxy) is 1. The van der Waals surface area contributed by atoms with Gasteiger partial charge in [0.1, 0.15) is 12.0 Å². The van der Waals surface area contributed by atoms with E-state index in [0.717, 1.165) is 17.6 Å².